The highest BCUT2D eigenvalue weighted by Gasteiger charge is 2.21. The van der Waals surface area contributed by atoms with Gasteiger partial charge in [-0.2, -0.15) is 0 Å². The lowest BCUT2D eigenvalue weighted by atomic mass is 9.95. The zero-order valence-corrected chi connectivity index (χ0v) is 12.8. The molecule has 3 nitrogen and oxygen atoms in total. The molecule has 1 atom stereocenters. The highest BCUT2D eigenvalue weighted by Crippen LogP contribution is 2.25. The van der Waals surface area contributed by atoms with E-state index in [0.29, 0.717) is 0 Å². The molecule has 1 amide bonds. The quantitative estimate of drug-likeness (QED) is 0.886. The Bertz CT molecular complexity index is 447. The third kappa shape index (κ3) is 4.58. The fraction of sp³-hybridized carbons (Fsp3) is 0.562. The van der Waals surface area contributed by atoms with Crippen LogP contribution in [0.2, 0.25) is 0 Å². The number of hydrogen-bond acceptors (Lipinski definition) is 2. The molecule has 0 unspecified atom stereocenters. The third-order valence-corrected chi connectivity index (χ3v) is 3.02. The first-order valence-corrected chi connectivity index (χ1v) is 6.82. The van der Waals surface area contributed by atoms with E-state index in [9.17, 15) is 4.79 Å². The fourth-order valence-electron chi connectivity index (χ4n) is 1.48. The van der Waals surface area contributed by atoms with E-state index in [4.69, 9.17) is 4.74 Å². The number of anilines is 1. The Kier molecular flexibility index (Phi) is 4.98. The van der Waals surface area contributed by atoms with Crippen LogP contribution in [0.3, 0.4) is 0 Å². The van der Waals surface area contributed by atoms with Gasteiger partial charge in [-0.25, -0.2) is 0 Å². The minimum absolute atomic E-state index is 0.0162. The van der Waals surface area contributed by atoms with E-state index in [1.54, 1.807) is 0 Å². The predicted molar refractivity (Wildman–Crippen MR) is 79.6 cm³/mol. The maximum atomic E-state index is 11.9. The van der Waals surface area contributed by atoms with Crippen LogP contribution in [0.5, 0.6) is 5.75 Å². The van der Waals surface area contributed by atoms with Crippen LogP contribution in [0, 0.1) is 12.3 Å². The summed E-state index contributed by atoms with van der Waals surface area (Å²) in [6, 6.07) is 5.75. The lowest BCUT2D eigenvalue weighted by molar-refractivity contribution is -0.123. The van der Waals surface area contributed by atoms with Gasteiger partial charge in [0.1, 0.15) is 5.75 Å². The molecule has 106 valence electrons. The molecule has 19 heavy (non-hydrogen) atoms. The van der Waals surface area contributed by atoms with Gasteiger partial charge in [0.2, 0.25) is 5.91 Å². The van der Waals surface area contributed by atoms with Crippen LogP contribution in [0.1, 0.15) is 46.6 Å². The normalized spacial score (nSPS) is 12.9. The maximum absolute atomic E-state index is 11.9. The zero-order chi connectivity index (χ0) is 14.6. The molecule has 0 fully saturated rings. The lowest BCUT2D eigenvalue weighted by Crippen LogP contribution is -2.27. The molecule has 0 spiro atoms. The van der Waals surface area contributed by atoms with Gasteiger partial charge < -0.3 is 10.1 Å². The molecule has 1 aromatic carbocycles. The highest BCUT2D eigenvalue weighted by atomic mass is 16.5. The van der Waals surface area contributed by atoms with Gasteiger partial charge in [-0.15, -0.1) is 0 Å². The van der Waals surface area contributed by atoms with Crippen LogP contribution in [0.15, 0.2) is 18.2 Å². The highest BCUT2D eigenvalue weighted by molar-refractivity contribution is 5.94. The first kappa shape index (κ1) is 15.5. The van der Waals surface area contributed by atoms with Crippen molar-refractivity contribution in [1.29, 1.82) is 0 Å². The number of aryl methyl sites for hydroxylation is 1. The Morgan fingerprint density at radius 1 is 1.37 bits per heavy atom. The number of carbonyl (C=O) groups is 1. The van der Waals surface area contributed by atoms with Crippen molar-refractivity contribution >= 4 is 11.6 Å². The standard InChI is InChI=1S/C16H25NO2/c1-7-12(3)19-14-9-8-13(10-11(14)2)17-15(18)16(4,5)6/h8-10,12H,7H2,1-6H3,(H,17,18)/t12-/m0/s1. The summed E-state index contributed by atoms with van der Waals surface area (Å²) in [6.45, 7) is 11.8. The SMILES string of the molecule is CC[C@H](C)Oc1ccc(NC(=O)C(C)(C)C)cc1C. The molecular weight excluding hydrogens is 238 g/mol. The van der Waals surface area contributed by atoms with Crippen molar-refractivity contribution in [2.24, 2.45) is 5.41 Å². The van der Waals surface area contributed by atoms with E-state index in [1.807, 2.05) is 45.9 Å². The van der Waals surface area contributed by atoms with Crippen molar-refractivity contribution < 1.29 is 9.53 Å². The first-order chi connectivity index (χ1) is 8.74. The summed E-state index contributed by atoms with van der Waals surface area (Å²) in [5.74, 6) is 0.894. The number of rotatable bonds is 4. The van der Waals surface area contributed by atoms with Crippen molar-refractivity contribution in [2.75, 3.05) is 5.32 Å². The van der Waals surface area contributed by atoms with Gasteiger partial charge in [-0.1, -0.05) is 27.7 Å². The average Bonchev–Trinajstić information content (AvgIpc) is 2.31. The minimum atomic E-state index is -0.389. The Balaban J connectivity index is 2.80. The van der Waals surface area contributed by atoms with Gasteiger partial charge in [0.25, 0.3) is 0 Å². The predicted octanol–water partition coefficient (Wildman–Crippen LogP) is 4.16. The molecule has 3 heteroatoms. The molecule has 0 aliphatic rings. The van der Waals surface area contributed by atoms with Crippen LogP contribution in [0.4, 0.5) is 5.69 Å². The molecule has 0 saturated carbocycles. The second kappa shape index (κ2) is 6.09. The number of hydrogen-bond donors (Lipinski definition) is 1. The Hall–Kier alpha value is -1.51. The molecule has 0 radical (unpaired) electrons. The topological polar surface area (TPSA) is 38.3 Å². The van der Waals surface area contributed by atoms with Crippen molar-refractivity contribution in [2.45, 2.75) is 54.1 Å². The van der Waals surface area contributed by atoms with Gasteiger partial charge in [-0.3, -0.25) is 4.79 Å². The van der Waals surface area contributed by atoms with Crippen LogP contribution >= 0.6 is 0 Å². The largest absolute Gasteiger partial charge is 0.490 e. The van der Waals surface area contributed by atoms with E-state index < -0.39 is 0 Å². The van der Waals surface area contributed by atoms with Gasteiger partial charge in [0.05, 0.1) is 6.10 Å². The van der Waals surface area contributed by atoms with Crippen LogP contribution in [-0.4, -0.2) is 12.0 Å². The molecule has 0 aliphatic carbocycles. The van der Waals surface area contributed by atoms with E-state index in [0.717, 1.165) is 23.4 Å². The minimum Gasteiger partial charge on any atom is -0.490 e. The molecular formula is C16H25NO2. The zero-order valence-electron chi connectivity index (χ0n) is 12.8. The number of nitrogens with one attached hydrogen (secondary N) is 1. The van der Waals surface area contributed by atoms with Crippen LogP contribution in [0.25, 0.3) is 0 Å². The van der Waals surface area contributed by atoms with Gasteiger partial charge in [0, 0.05) is 11.1 Å². The van der Waals surface area contributed by atoms with E-state index >= 15 is 0 Å². The fourth-order valence-corrected chi connectivity index (χ4v) is 1.48. The molecule has 1 rings (SSSR count). The van der Waals surface area contributed by atoms with Gasteiger partial charge in [-0.05, 0) is 44.0 Å². The van der Waals surface area contributed by atoms with E-state index in [1.165, 1.54) is 0 Å². The van der Waals surface area contributed by atoms with Crippen molar-refractivity contribution in [3.05, 3.63) is 23.8 Å². The van der Waals surface area contributed by atoms with E-state index in [-0.39, 0.29) is 17.4 Å². The summed E-state index contributed by atoms with van der Waals surface area (Å²) < 4.78 is 5.81. The molecule has 0 aliphatic heterocycles. The summed E-state index contributed by atoms with van der Waals surface area (Å²) in [7, 11) is 0. The molecule has 0 saturated heterocycles. The van der Waals surface area contributed by atoms with Crippen LogP contribution < -0.4 is 10.1 Å². The lowest BCUT2D eigenvalue weighted by Gasteiger charge is -2.19. The summed E-state index contributed by atoms with van der Waals surface area (Å²) in [6.07, 6.45) is 1.18. The monoisotopic (exact) mass is 263 g/mol. The Labute approximate surface area is 116 Å². The summed E-state index contributed by atoms with van der Waals surface area (Å²) in [5.41, 5.74) is 1.46. The number of amides is 1. The van der Waals surface area contributed by atoms with Gasteiger partial charge >= 0.3 is 0 Å². The molecule has 0 heterocycles. The van der Waals surface area contributed by atoms with Gasteiger partial charge in [0.15, 0.2) is 0 Å². The number of carbonyl (C=O) groups excluding carboxylic acids is 1. The van der Waals surface area contributed by atoms with Crippen LogP contribution in [-0.2, 0) is 4.79 Å². The maximum Gasteiger partial charge on any atom is 0.229 e. The molecule has 0 aromatic heterocycles. The van der Waals surface area contributed by atoms with Crippen molar-refractivity contribution in [3.63, 3.8) is 0 Å². The average molecular weight is 263 g/mol. The summed E-state index contributed by atoms with van der Waals surface area (Å²) in [4.78, 5) is 11.9. The third-order valence-electron chi connectivity index (χ3n) is 3.02. The smallest absolute Gasteiger partial charge is 0.229 e. The Morgan fingerprint density at radius 3 is 2.47 bits per heavy atom. The van der Waals surface area contributed by atoms with E-state index in [2.05, 4.69) is 19.2 Å². The molecule has 1 aromatic rings. The number of ether oxygens (including phenoxy) is 1. The van der Waals surface area contributed by atoms with Crippen molar-refractivity contribution in [1.82, 2.24) is 0 Å². The number of benzene rings is 1. The Morgan fingerprint density at radius 2 is 2.00 bits per heavy atom. The molecule has 1 N–H and O–H groups in total. The first-order valence-electron chi connectivity index (χ1n) is 6.82. The second-order valence-electron chi connectivity index (χ2n) is 6.02. The summed E-state index contributed by atoms with van der Waals surface area (Å²) >= 11 is 0. The van der Waals surface area contributed by atoms with Crippen molar-refractivity contribution in [3.8, 4) is 5.75 Å². The second-order valence-corrected chi connectivity index (χ2v) is 6.02. The summed E-state index contributed by atoms with van der Waals surface area (Å²) in [5, 5.41) is 2.92. The molecule has 0 bridgehead atoms.